The summed E-state index contributed by atoms with van der Waals surface area (Å²) in [7, 11) is 0. The van der Waals surface area contributed by atoms with E-state index in [-0.39, 0.29) is 15.7 Å². The number of fused-ring (bicyclic) bond motifs is 1. The number of pyridine rings is 1. The van der Waals surface area contributed by atoms with Crippen LogP contribution in [0.3, 0.4) is 0 Å². The first-order chi connectivity index (χ1) is 8.29. The number of hydrogen-bond donors (Lipinski definition) is 2. The van der Waals surface area contributed by atoms with Crippen molar-refractivity contribution >= 4 is 29.1 Å². The molecule has 2 rings (SSSR count). The van der Waals surface area contributed by atoms with Gasteiger partial charge in [0.1, 0.15) is 5.69 Å². The third-order valence-corrected chi connectivity index (χ3v) is 2.73. The molecule has 0 saturated heterocycles. The van der Waals surface area contributed by atoms with Crippen molar-refractivity contribution in [1.29, 1.82) is 0 Å². The number of rotatable bonds is 1. The van der Waals surface area contributed by atoms with Crippen molar-refractivity contribution in [3.8, 4) is 0 Å². The highest BCUT2D eigenvalue weighted by Crippen LogP contribution is 2.31. The molecule has 18 heavy (non-hydrogen) atoms. The van der Waals surface area contributed by atoms with Gasteiger partial charge >= 0.3 is 12.1 Å². The van der Waals surface area contributed by atoms with Gasteiger partial charge in [0.15, 0.2) is 0 Å². The number of carbonyl (C=O) groups is 1. The van der Waals surface area contributed by atoms with Gasteiger partial charge in [-0.3, -0.25) is 0 Å². The molecule has 2 aromatic rings. The van der Waals surface area contributed by atoms with Crippen LogP contribution in [0.2, 0.25) is 0 Å². The van der Waals surface area contributed by atoms with Crippen molar-refractivity contribution < 1.29 is 23.1 Å². The predicted molar refractivity (Wildman–Crippen MR) is 61.1 cm³/mol. The maximum Gasteiger partial charge on any atom is 0.416 e. The van der Waals surface area contributed by atoms with Gasteiger partial charge in [-0.2, -0.15) is 13.2 Å². The molecular formula is C11H6F3NO2S. The predicted octanol–water partition coefficient (Wildman–Crippen LogP) is 3.61. The quantitative estimate of drug-likeness (QED) is 0.780. The molecule has 0 bridgehead atoms. The van der Waals surface area contributed by atoms with Gasteiger partial charge in [0.2, 0.25) is 0 Å². The highest BCUT2D eigenvalue weighted by atomic mass is 32.1. The summed E-state index contributed by atoms with van der Waals surface area (Å²) in [5.41, 5.74) is -1.05. The Hall–Kier alpha value is -1.89. The lowest BCUT2D eigenvalue weighted by atomic mass is 10.1. The largest absolute Gasteiger partial charge is 0.477 e. The Morgan fingerprint density at radius 3 is 2.50 bits per heavy atom. The number of benzene rings is 1. The molecule has 0 unspecified atom stereocenters. The smallest absolute Gasteiger partial charge is 0.416 e. The van der Waals surface area contributed by atoms with Crippen molar-refractivity contribution in [3.05, 3.63) is 40.0 Å². The molecule has 0 aliphatic heterocycles. The van der Waals surface area contributed by atoms with Crippen molar-refractivity contribution in [1.82, 2.24) is 4.98 Å². The van der Waals surface area contributed by atoms with Gasteiger partial charge in [-0.1, -0.05) is 18.3 Å². The molecule has 0 atom stereocenters. The first-order valence-electron chi connectivity index (χ1n) is 4.76. The van der Waals surface area contributed by atoms with Crippen LogP contribution in [0, 0.1) is 4.51 Å². The molecule has 0 fully saturated rings. The molecule has 1 heterocycles. The van der Waals surface area contributed by atoms with Gasteiger partial charge in [0, 0.05) is 15.4 Å². The van der Waals surface area contributed by atoms with E-state index >= 15 is 0 Å². The van der Waals surface area contributed by atoms with Crippen LogP contribution in [0.25, 0.3) is 10.9 Å². The maximum atomic E-state index is 12.5. The SMILES string of the molecule is O=C(O)c1cc(=S)c2ccc(C(F)(F)F)cc2[nH]1. The molecule has 0 amide bonds. The number of carboxylic acids is 1. The Morgan fingerprint density at radius 2 is 1.94 bits per heavy atom. The summed E-state index contributed by atoms with van der Waals surface area (Å²) in [6.07, 6.45) is -4.48. The molecule has 1 aromatic carbocycles. The molecule has 3 nitrogen and oxygen atoms in total. The highest BCUT2D eigenvalue weighted by Gasteiger charge is 2.30. The minimum absolute atomic E-state index is 0.0507. The number of H-pyrrole nitrogens is 1. The first-order valence-corrected chi connectivity index (χ1v) is 5.17. The summed E-state index contributed by atoms with van der Waals surface area (Å²) in [6, 6.07) is 4.18. The van der Waals surface area contributed by atoms with E-state index in [1.807, 2.05) is 0 Å². The van der Waals surface area contributed by atoms with Crippen LogP contribution in [0.5, 0.6) is 0 Å². The molecule has 0 aliphatic rings. The van der Waals surface area contributed by atoms with E-state index in [1.165, 1.54) is 12.1 Å². The number of hydrogen-bond acceptors (Lipinski definition) is 2. The van der Waals surface area contributed by atoms with E-state index in [0.717, 1.165) is 12.1 Å². The zero-order valence-corrected chi connectivity index (χ0v) is 9.52. The highest BCUT2D eigenvalue weighted by molar-refractivity contribution is 7.71. The average Bonchev–Trinajstić information content (AvgIpc) is 2.26. The van der Waals surface area contributed by atoms with Crippen LogP contribution in [-0.2, 0) is 6.18 Å². The van der Waals surface area contributed by atoms with Crippen molar-refractivity contribution in [3.63, 3.8) is 0 Å². The Morgan fingerprint density at radius 1 is 1.28 bits per heavy atom. The Balaban J connectivity index is 2.76. The summed E-state index contributed by atoms with van der Waals surface area (Å²) in [5.74, 6) is -1.28. The Kier molecular flexibility index (Phi) is 2.86. The molecule has 7 heteroatoms. The van der Waals surface area contributed by atoms with E-state index < -0.39 is 17.7 Å². The lowest BCUT2D eigenvalue weighted by Crippen LogP contribution is -2.05. The topological polar surface area (TPSA) is 53.1 Å². The van der Waals surface area contributed by atoms with Crippen molar-refractivity contribution in [2.24, 2.45) is 0 Å². The molecule has 0 radical (unpaired) electrons. The van der Waals surface area contributed by atoms with E-state index in [9.17, 15) is 18.0 Å². The van der Waals surface area contributed by atoms with E-state index in [0.29, 0.717) is 5.39 Å². The second-order valence-corrected chi connectivity index (χ2v) is 4.05. The van der Waals surface area contributed by atoms with Crippen LogP contribution in [0.4, 0.5) is 13.2 Å². The molecule has 2 N–H and O–H groups in total. The number of alkyl halides is 3. The van der Waals surface area contributed by atoms with Gasteiger partial charge in [-0.15, -0.1) is 0 Å². The van der Waals surface area contributed by atoms with Crippen LogP contribution < -0.4 is 0 Å². The van der Waals surface area contributed by atoms with Crippen molar-refractivity contribution in [2.45, 2.75) is 6.18 Å². The van der Waals surface area contributed by atoms with Crippen LogP contribution in [0.15, 0.2) is 24.3 Å². The standard InChI is InChI=1S/C11H6F3NO2S/c12-11(13,14)5-1-2-6-7(3-5)15-8(10(16)17)4-9(6)18/h1-4H,(H,15,18)(H,16,17). The average molecular weight is 273 g/mol. The van der Waals surface area contributed by atoms with Crippen LogP contribution in [0.1, 0.15) is 16.1 Å². The van der Waals surface area contributed by atoms with Crippen LogP contribution in [-0.4, -0.2) is 16.1 Å². The maximum absolute atomic E-state index is 12.5. The minimum Gasteiger partial charge on any atom is -0.477 e. The summed E-state index contributed by atoms with van der Waals surface area (Å²) in [5, 5.41) is 9.18. The lowest BCUT2D eigenvalue weighted by molar-refractivity contribution is -0.137. The second kappa shape index (κ2) is 4.09. The van der Waals surface area contributed by atoms with Crippen molar-refractivity contribution in [2.75, 3.05) is 0 Å². The summed E-state index contributed by atoms with van der Waals surface area (Å²) in [4.78, 5) is 13.2. The molecule has 0 saturated carbocycles. The molecular weight excluding hydrogens is 267 g/mol. The van der Waals surface area contributed by atoms with Gasteiger partial charge in [0.25, 0.3) is 0 Å². The fraction of sp³-hybridized carbons (Fsp3) is 0.0909. The fourth-order valence-corrected chi connectivity index (χ4v) is 1.84. The first kappa shape index (κ1) is 12.6. The summed E-state index contributed by atoms with van der Waals surface area (Å²) >= 11 is 4.93. The Bertz CT molecular complexity index is 691. The Labute approximate surface area is 104 Å². The number of halogens is 3. The summed E-state index contributed by atoms with van der Waals surface area (Å²) in [6.45, 7) is 0. The zero-order valence-electron chi connectivity index (χ0n) is 8.71. The normalized spacial score (nSPS) is 11.7. The van der Waals surface area contributed by atoms with Gasteiger partial charge < -0.3 is 10.1 Å². The minimum atomic E-state index is -4.48. The van der Waals surface area contributed by atoms with Gasteiger partial charge in [0.05, 0.1) is 5.56 Å². The van der Waals surface area contributed by atoms with E-state index in [1.54, 1.807) is 0 Å². The van der Waals surface area contributed by atoms with Gasteiger partial charge in [-0.05, 0) is 18.2 Å². The zero-order chi connectivity index (χ0) is 13.5. The van der Waals surface area contributed by atoms with E-state index in [4.69, 9.17) is 17.3 Å². The molecule has 0 spiro atoms. The molecule has 94 valence electrons. The number of aromatic nitrogens is 1. The third-order valence-electron chi connectivity index (χ3n) is 2.39. The number of nitrogens with one attached hydrogen (secondary N) is 1. The molecule has 1 aromatic heterocycles. The molecule has 0 aliphatic carbocycles. The fourth-order valence-electron chi connectivity index (χ4n) is 1.54. The monoisotopic (exact) mass is 273 g/mol. The number of aromatic amines is 1. The number of carboxylic acid groups (broad SMARTS) is 1. The van der Waals surface area contributed by atoms with E-state index in [2.05, 4.69) is 4.98 Å². The second-order valence-electron chi connectivity index (χ2n) is 3.61. The van der Waals surface area contributed by atoms with Gasteiger partial charge in [-0.25, -0.2) is 4.79 Å². The summed E-state index contributed by atoms with van der Waals surface area (Å²) < 4.78 is 37.7. The number of aromatic carboxylic acids is 1. The third kappa shape index (κ3) is 2.21. The lowest BCUT2D eigenvalue weighted by Gasteiger charge is -2.08. The van der Waals surface area contributed by atoms with Crippen LogP contribution >= 0.6 is 12.2 Å².